The summed E-state index contributed by atoms with van der Waals surface area (Å²) in [7, 11) is -0.838. The molecular weight excluding hydrogens is 534 g/mol. The van der Waals surface area contributed by atoms with E-state index >= 15 is 0 Å². The Hall–Kier alpha value is -3.48. The lowest BCUT2D eigenvalue weighted by atomic mass is 10.1. The predicted octanol–water partition coefficient (Wildman–Crippen LogP) is 4.83. The third-order valence-corrected chi connectivity index (χ3v) is 6.94. The average Bonchev–Trinajstić information content (AvgIpc) is 2.85. The van der Waals surface area contributed by atoms with E-state index in [4.69, 9.17) is 14.2 Å². The van der Waals surface area contributed by atoms with Gasteiger partial charge >= 0.3 is 5.97 Å². The van der Waals surface area contributed by atoms with Crippen molar-refractivity contribution in [1.29, 1.82) is 0 Å². The molecule has 9 heteroatoms. The predicted molar refractivity (Wildman–Crippen MR) is 138 cm³/mol. The summed E-state index contributed by atoms with van der Waals surface area (Å²) in [4.78, 5) is 12.2. The number of ether oxygens (including phenoxy) is 3. The Morgan fingerprint density at radius 1 is 1.06 bits per heavy atom. The van der Waals surface area contributed by atoms with Crippen LogP contribution in [0.15, 0.2) is 70.0 Å². The summed E-state index contributed by atoms with van der Waals surface area (Å²) in [5, 5.41) is 2.87. The summed E-state index contributed by atoms with van der Waals surface area (Å²) < 4.78 is 42.1. The zero-order valence-corrected chi connectivity index (χ0v) is 21.8. The van der Waals surface area contributed by atoms with E-state index in [9.17, 15) is 13.2 Å². The summed E-state index contributed by atoms with van der Waals surface area (Å²) in [6.07, 6.45) is 0. The number of sulfone groups is 1. The molecule has 1 N–H and O–H groups in total. The van der Waals surface area contributed by atoms with Crippen LogP contribution < -0.4 is 14.8 Å². The molecule has 0 atom stereocenters. The van der Waals surface area contributed by atoms with Crippen molar-refractivity contribution in [1.82, 2.24) is 0 Å². The molecule has 7 nitrogen and oxygen atoms in total. The topological polar surface area (TPSA) is 90.9 Å². The quantitative estimate of drug-likeness (QED) is 0.313. The van der Waals surface area contributed by atoms with Gasteiger partial charge in [-0.15, -0.1) is 0 Å². The fourth-order valence-corrected chi connectivity index (χ4v) is 4.87. The normalized spacial score (nSPS) is 10.6. The highest BCUT2D eigenvalue weighted by Crippen LogP contribution is 2.27. The van der Waals surface area contributed by atoms with Crippen molar-refractivity contribution < 1.29 is 27.4 Å². The molecule has 0 unspecified atom stereocenters. The van der Waals surface area contributed by atoms with Crippen molar-refractivity contribution >= 4 is 37.4 Å². The largest absolute Gasteiger partial charge is 0.495 e. The van der Waals surface area contributed by atoms with Crippen molar-refractivity contribution in [2.45, 2.75) is 11.8 Å². The monoisotopic (exact) mass is 557 g/mol. The van der Waals surface area contributed by atoms with E-state index in [0.29, 0.717) is 27.2 Å². The molecule has 0 aromatic heterocycles. The van der Waals surface area contributed by atoms with Crippen LogP contribution in [-0.4, -0.2) is 41.1 Å². The molecule has 0 heterocycles. The Labute approximate surface area is 213 Å². The number of carbonyl (C=O) groups excluding carboxylic acids is 1. The van der Waals surface area contributed by atoms with Crippen LogP contribution in [0.3, 0.4) is 0 Å². The van der Waals surface area contributed by atoms with Gasteiger partial charge in [0.25, 0.3) is 0 Å². The molecule has 0 amide bonds. The molecule has 0 saturated heterocycles. The molecule has 0 aliphatic rings. The molecule has 3 aromatic carbocycles. The van der Waals surface area contributed by atoms with Gasteiger partial charge in [-0.25, -0.2) is 13.2 Å². The number of para-hydroxylation sites is 1. The Morgan fingerprint density at radius 2 is 1.77 bits per heavy atom. The Morgan fingerprint density at radius 3 is 2.46 bits per heavy atom. The first-order chi connectivity index (χ1) is 16.7. The number of esters is 1. The molecule has 3 aromatic rings. The maximum atomic E-state index is 12.9. The van der Waals surface area contributed by atoms with Gasteiger partial charge in [-0.2, -0.15) is 0 Å². The number of nitrogens with one attached hydrogen (secondary N) is 1. The maximum absolute atomic E-state index is 12.9. The van der Waals surface area contributed by atoms with E-state index in [2.05, 4.69) is 33.1 Å². The summed E-state index contributed by atoms with van der Waals surface area (Å²) in [5.74, 6) is 6.11. The van der Waals surface area contributed by atoms with E-state index in [-0.39, 0.29) is 17.1 Å². The SMILES string of the molecule is COC(=O)c1cc(Br)cc(C)c1NCS(=O)(=O)c1ccc(OCC#Cc2ccccc2OC)cc1. The Kier molecular flexibility index (Phi) is 8.79. The minimum Gasteiger partial charge on any atom is -0.495 e. The first-order valence-electron chi connectivity index (χ1n) is 10.4. The molecular formula is C26H24BrNO6S. The van der Waals surface area contributed by atoms with Gasteiger partial charge < -0.3 is 19.5 Å². The number of carbonyl (C=O) groups is 1. The maximum Gasteiger partial charge on any atom is 0.340 e. The number of halogens is 1. The second-order valence-electron chi connectivity index (χ2n) is 7.33. The molecule has 0 fully saturated rings. The summed E-state index contributed by atoms with van der Waals surface area (Å²) >= 11 is 3.34. The van der Waals surface area contributed by atoms with Gasteiger partial charge in [-0.1, -0.05) is 39.9 Å². The molecule has 0 radical (unpaired) electrons. The van der Waals surface area contributed by atoms with Gasteiger partial charge in [0.2, 0.25) is 0 Å². The second kappa shape index (κ2) is 11.8. The van der Waals surface area contributed by atoms with Crippen molar-refractivity contribution in [3.63, 3.8) is 0 Å². The van der Waals surface area contributed by atoms with Gasteiger partial charge in [0.15, 0.2) is 9.84 Å². The van der Waals surface area contributed by atoms with Crippen LogP contribution in [0.2, 0.25) is 0 Å². The van der Waals surface area contributed by atoms with Crippen LogP contribution in [0.25, 0.3) is 0 Å². The molecule has 0 bridgehead atoms. The third kappa shape index (κ3) is 6.78. The number of aryl methyl sites for hydroxylation is 1. The number of hydrogen-bond donors (Lipinski definition) is 1. The Balaban J connectivity index is 1.65. The van der Waals surface area contributed by atoms with E-state index in [1.807, 2.05) is 24.3 Å². The minimum atomic E-state index is -3.69. The number of anilines is 1. The zero-order valence-electron chi connectivity index (χ0n) is 19.4. The highest BCUT2D eigenvalue weighted by molar-refractivity contribution is 9.10. The van der Waals surface area contributed by atoms with E-state index in [1.54, 1.807) is 38.3 Å². The molecule has 0 saturated carbocycles. The number of methoxy groups -OCH3 is 2. The summed E-state index contributed by atoms with van der Waals surface area (Å²) in [6, 6.07) is 16.9. The number of rotatable bonds is 8. The fourth-order valence-electron chi connectivity index (χ4n) is 3.24. The minimum absolute atomic E-state index is 0.117. The Bertz CT molecular complexity index is 1380. The smallest absolute Gasteiger partial charge is 0.340 e. The van der Waals surface area contributed by atoms with Crippen LogP contribution in [-0.2, 0) is 14.6 Å². The molecule has 35 heavy (non-hydrogen) atoms. The summed E-state index contributed by atoms with van der Waals surface area (Å²) in [6.45, 7) is 1.90. The lowest BCUT2D eigenvalue weighted by Crippen LogP contribution is -2.18. The van der Waals surface area contributed by atoms with Crippen LogP contribution >= 0.6 is 15.9 Å². The first kappa shape index (κ1) is 26.1. The zero-order chi connectivity index (χ0) is 25.4. The van der Waals surface area contributed by atoms with Gasteiger partial charge in [-0.3, -0.25) is 0 Å². The molecule has 0 spiro atoms. The standard InChI is InChI=1S/C26H24BrNO6S/c1-18-15-20(27)16-23(26(29)33-3)25(18)28-17-35(30,31)22-12-10-21(11-13-22)34-14-6-8-19-7-4-5-9-24(19)32-2/h4-5,7,9-13,15-16,28H,14,17H2,1-3H3. The van der Waals surface area contributed by atoms with Crippen LogP contribution in [0.1, 0.15) is 21.5 Å². The number of benzene rings is 3. The van der Waals surface area contributed by atoms with E-state index in [1.165, 1.54) is 19.2 Å². The van der Waals surface area contributed by atoms with Crippen molar-refractivity contribution in [3.05, 3.63) is 81.8 Å². The third-order valence-electron chi connectivity index (χ3n) is 4.97. The average molecular weight is 558 g/mol. The lowest BCUT2D eigenvalue weighted by Gasteiger charge is -2.15. The van der Waals surface area contributed by atoms with Gasteiger partial charge in [0.05, 0.1) is 35.9 Å². The van der Waals surface area contributed by atoms with Crippen molar-refractivity contribution in [2.75, 3.05) is 32.0 Å². The lowest BCUT2D eigenvalue weighted by molar-refractivity contribution is 0.0601. The highest BCUT2D eigenvalue weighted by Gasteiger charge is 2.19. The van der Waals surface area contributed by atoms with E-state index in [0.717, 1.165) is 5.56 Å². The molecule has 0 aliphatic heterocycles. The van der Waals surface area contributed by atoms with E-state index < -0.39 is 21.7 Å². The molecule has 182 valence electrons. The van der Waals surface area contributed by atoms with Crippen molar-refractivity contribution in [2.24, 2.45) is 0 Å². The summed E-state index contributed by atoms with van der Waals surface area (Å²) in [5.41, 5.74) is 2.10. The van der Waals surface area contributed by atoms with Crippen molar-refractivity contribution in [3.8, 4) is 23.3 Å². The van der Waals surface area contributed by atoms with Crippen LogP contribution in [0, 0.1) is 18.8 Å². The van der Waals surface area contributed by atoms with Gasteiger partial charge in [0.1, 0.15) is 24.0 Å². The van der Waals surface area contributed by atoms with Crippen LogP contribution in [0.4, 0.5) is 5.69 Å². The second-order valence-corrected chi connectivity index (χ2v) is 10.2. The van der Waals surface area contributed by atoms with Crippen LogP contribution in [0.5, 0.6) is 11.5 Å². The first-order valence-corrected chi connectivity index (χ1v) is 12.9. The van der Waals surface area contributed by atoms with Gasteiger partial charge in [-0.05, 0) is 61.0 Å². The number of hydrogen-bond acceptors (Lipinski definition) is 7. The molecule has 3 rings (SSSR count). The van der Waals surface area contributed by atoms with Gasteiger partial charge in [0, 0.05) is 4.47 Å². The molecule has 0 aliphatic carbocycles. The highest BCUT2D eigenvalue weighted by atomic mass is 79.9. The fraction of sp³-hybridized carbons (Fsp3) is 0.192.